The number of hydrogen-bond donors (Lipinski definition) is 1. The summed E-state index contributed by atoms with van der Waals surface area (Å²) in [4.78, 5) is 0. The van der Waals surface area contributed by atoms with Crippen LogP contribution in [0.1, 0.15) is 53.4 Å². The van der Waals surface area contributed by atoms with E-state index in [0.717, 1.165) is 19.4 Å². The van der Waals surface area contributed by atoms with Gasteiger partial charge >= 0.3 is 0 Å². The van der Waals surface area contributed by atoms with Crippen LogP contribution in [-0.2, 0) is 9.47 Å². The van der Waals surface area contributed by atoms with Gasteiger partial charge in [-0.05, 0) is 37.0 Å². The van der Waals surface area contributed by atoms with Crippen molar-refractivity contribution >= 4 is 0 Å². The lowest BCUT2D eigenvalue weighted by molar-refractivity contribution is -0.0974. The molecule has 3 heteroatoms. The van der Waals surface area contributed by atoms with E-state index in [2.05, 4.69) is 27.7 Å². The molecule has 0 spiro atoms. The van der Waals surface area contributed by atoms with Gasteiger partial charge in [0.1, 0.15) is 0 Å². The van der Waals surface area contributed by atoms with E-state index in [1.807, 2.05) is 0 Å². The third-order valence-electron chi connectivity index (χ3n) is 3.97. The molecule has 0 aromatic heterocycles. The van der Waals surface area contributed by atoms with Crippen LogP contribution in [0.15, 0.2) is 0 Å². The summed E-state index contributed by atoms with van der Waals surface area (Å²) in [6.45, 7) is 11.8. The molecule has 1 fully saturated rings. The van der Waals surface area contributed by atoms with E-state index >= 15 is 0 Å². The molecule has 0 bridgehead atoms. The molecule has 1 aliphatic carbocycles. The SMILES string of the molecule is CC(C)COCCOC1(CN)CCC(C)(C)CC1. The fourth-order valence-electron chi connectivity index (χ4n) is 2.43. The van der Waals surface area contributed by atoms with Crippen molar-refractivity contribution in [3.05, 3.63) is 0 Å². The summed E-state index contributed by atoms with van der Waals surface area (Å²) in [6, 6.07) is 0. The van der Waals surface area contributed by atoms with Gasteiger partial charge < -0.3 is 15.2 Å². The Morgan fingerprint density at radius 1 is 1.06 bits per heavy atom. The molecule has 0 aromatic rings. The predicted molar refractivity (Wildman–Crippen MR) is 75.6 cm³/mol. The van der Waals surface area contributed by atoms with Crippen molar-refractivity contribution in [2.75, 3.05) is 26.4 Å². The van der Waals surface area contributed by atoms with E-state index in [1.54, 1.807) is 0 Å². The van der Waals surface area contributed by atoms with Crippen LogP contribution in [0.4, 0.5) is 0 Å². The maximum atomic E-state index is 6.04. The topological polar surface area (TPSA) is 44.5 Å². The monoisotopic (exact) mass is 257 g/mol. The lowest BCUT2D eigenvalue weighted by Crippen LogP contribution is -2.46. The second-order valence-electron chi connectivity index (χ2n) is 6.87. The Hall–Kier alpha value is -0.120. The van der Waals surface area contributed by atoms with Crippen molar-refractivity contribution < 1.29 is 9.47 Å². The minimum Gasteiger partial charge on any atom is -0.379 e. The summed E-state index contributed by atoms with van der Waals surface area (Å²) >= 11 is 0. The molecule has 0 aromatic carbocycles. The zero-order chi connectivity index (χ0) is 13.6. The first-order valence-corrected chi connectivity index (χ1v) is 7.31. The van der Waals surface area contributed by atoms with Crippen molar-refractivity contribution in [3.63, 3.8) is 0 Å². The molecule has 0 atom stereocenters. The van der Waals surface area contributed by atoms with Crippen molar-refractivity contribution in [2.24, 2.45) is 17.1 Å². The van der Waals surface area contributed by atoms with Gasteiger partial charge in [0, 0.05) is 13.2 Å². The molecular formula is C15H31NO2. The smallest absolute Gasteiger partial charge is 0.0805 e. The molecule has 108 valence electrons. The summed E-state index contributed by atoms with van der Waals surface area (Å²) in [6.07, 6.45) is 4.58. The zero-order valence-electron chi connectivity index (χ0n) is 12.6. The molecule has 0 aliphatic heterocycles. The molecule has 0 heterocycles. The average Bonchev–Trinajstić information content (AvgIpc) is 2.31. The highest BCUT2D eigenvalue weighted by Crippen LogP contribution is 2.41. The Balaban J connectivity index is 2.25. The lowest BCUT2D eigenvalue weighted by atomic mass is 9.71. The van der Waals surface area contributed by atoms with Gasteiger partial charge in [-0.2, -0.15) is 0 Å². The molecule has 1 aliphatic rings. The molecule has 0 radical (unpaired) electrons. The van der Waals surface area contributed by atoms with Crippen LogP contribution in [0.5, 0.6) is 0 Å². The third kappa shape index (κ3) is 5.25. The van der Waals surface area contributed by atoms with Gasteiger partial charge in [0.05, 0.1) is 18.8 Å². The molecule has 0 unspecified atom stereocenters. The molecule has 0 saturated heterocycles. The standard InChI is InChI=1S/C15H31NO2/c1-13(2)11-17-9-10-18-15(12-16)7-5-14(3,4)6-8-15/h13H,5-12,16H2,1-4H3. The fraction of sp³-hybridized carbons (Fsp3) is 1.00. The minimum absolute atomic E-state index is 0.0866. The first-order valence-electron chi connectivity index (χ1n) is 7.31. The summed E-state index contributed by atoms with van der Waals surface area (Å²) < 4.78 is 11.6. The highest BCUT2D eigenvalue weighted by molar-refractivity contribution is 4.91. The summed E-state index contributed by atoms with van der Waals surface area (Å²) in [7, 11) is 0. The van der Waals surface area contributed by atoms with E-state index in [9.17, 15) is 0 Å². The average molecular weight is 257 g/mol. The Labute approximate surface area is 112 Å². The second-order valence-corrected chi connectivity index (χ2v) is 6.87. The molecule has 1 rings (SSSR count). The largest absolute Gasteiger partial charge is 0.379 e. The van der Waals surface area contributed by atoms with Crippen LogP contribution >= 0.6 is 0 Å². The quantitative estimate of drug-likeness (QED) is 0.713. The van der Waals surface area contributed by atoms with Crippen LogP contribution in [0, 0.1) is 11.3 Å². The first kappa shape index (κ1) is 15.9. The molecule has 2 N–H and O–H groups in total. The second kappa shape index (κ2) is 6.88. The van der Waals surface area contributed by atoms with Crippen LogP contribution < -0.4 is 5.73 Å². The molecule has 0 amide bonds. The Morgan fingerprint density at radius 3 is 2.17 bits per heavy atom. The van der Waals surface area contributed by atoms with Gasteiger partial charge in [0.2, 0.25) is 0 Å². The van der Waals surface area contributed by atoms with Gasteiger partial charge in [-0.25, -0.2) is 0 Å². The third-order valence-corrected chi connectivity index (χ3v) is 3.97. The normalized spacial score (nSPS) is 22.3. The maximum absolute atomic E-state index is 6.04. The highest BCUT2D eigenvalue weighted by atomic mass is 16.5. The van der Waals surface area contributed by atoms with E-state index in [1.165, 1.54) is 12.8 Å². The summed E-state index contributed by atoms with van der Waals surface area (Å²) in [5, 5.41) is 0. The Kier molecular flexibility index (Phi) is 6.09. The molecule has 3 nitrogen and oxygen atoms in total. The van der Waals surface area contributed by atoms with Crippen LogP contribution in [0.3, 0.4) is 0 Å². The number of nitrogens with two attached hydrogens (primary N) is 1. The van der Waals surface area contributed by atoms with Crippen molar-refractivity contribution in [3.8, 4) is 0 Å². The predicted octanol–water partition coefficient (Wildman–Crippen LogP) is 2.97. The van der Waals surface area contributed by atoms with Crippen LogP contribution in [0.25, 0.3) is 0 Å². The van der Waals surface area contributed by atoms with Crippen molar-refractivity contribution in [1.82, 2.24) is 0 Å². The number of rotatable bonds is 7. The molecule has 1 saturated carbocycles. The van der Waals surface area contributed by atoms with Crippen molar-refractivity contribution in [1.29, 1.82) is 0 Å². The van der Waals surface area contributed by atoms with Gasteiger partial charge in [-0.15, -0.1) is 0 Å². The van der Waals surface area contributed by atoms with Crippen LogP contribution in [-0.4, -0.2) is 32.0 Å². The van der Waals surface area contributed by atoms with Gasteiger partial charge in [-0.3, -0.25) is 0 Å². The maximum Gasteiger partial charge on any atom is 0.0805 e. The minimum atomic E-state index is -0.0866. The van der Waals surface area contributed by atoms with Gasteiger partial charge in [0.25, 0.3) is 0 Å². The van der Waals surface area contributed by atoms with E-state index in [-0.39, 0.29) is 5.60 Å². The van der Waals surface area contributed by atoms with Crippen molar-refractivity contribution in [2.45, 2.75) is 59.0 Å². The zero-order valence-corrected chi connectivity index (χ0v) is 12.6. The van der Waals surface area contributed by atoms with Gasteiger partial charge in [-0.1, -0.05) is 27.7 Å². The van der Waals surface area contributed by atoms with E-state index in [0.29, 0.717) is 31.1 Å². The van der Waals surface area contributed by atoms with Gasteiger partial charge in [0.15, 0.2) is 0 Å². The summed E-state index contributed by atoms with van der Waals surface area (Å²) in [5.41, 5.74) is 6.29. The first-order chi connectivity index (χ1) is 8.39. The summed E-state index contributed by atoms with van der Waals surface area (Å²) in [5.74, 6) is 0.587. The molecule has 18 heavy (non-hydrogen) atoms. The van der Waals surface area contributed by atoms with E-state index < -0.39 is 0 Å². The fourth-order valence-corrected chi connectivity index (χ4v) is 2.43. The molecular weight excluding hydrogens is 226 g/mol. The Bertz CT molecular complexity index is 229. The van der Waals surface area contributed by atoms with Crippen LogP contribution in [0.2, 0.25) is 0 Å². The van der Waals surface area contributed by atoms with E-state index in [4.69, 9.17) is 15.2 Å². The lowest BCUT2D eigenvalue weighted by Gasteiger charge is -2.42. The number of ether oxygens (including phenoxy) is 2. The highest BCUT2D eigenvalue weighted by Gasteiger charge is 2.38. The number of hydrogen-bond acceptors (Lipinski definition) is 3. The Morgan fingerprint density at radius 2 is 1.67 bits per heavy atom.